The van der Waals surface area contributed by atoms with Crippen LogP contribution in [0.1, 0.15) is 13.3 Å². The summed E-state index contributed by atoms with van der Waals surface area (Å²) in [7, 11) is 0. The van der Waals surface area contributed by atoms with E-state index in [1.165, 1.54) is 0 Å². The summed E-state index contributed by atoms with van der Waals surface area (Å²) in [5.74, 6) is -0.424. The molecular weight excluding hydrogens is 118 g/mol. The van der Waals surface area contributed by atoms with E-state index < -0.39 is 0 Å². The fraction of sp³-hybridized carbons (Fsp3) is 0.667. The number of hydrogen-bond donors (Lipinski definition) is 1. The third-order valence-corrected chi connectivity index (χ3v) is 1.26. The Morgan fingerprint density at radius 3 is 2.89 bits per heavy atom. The first kappa shape index (κ1) is 6.26. The molecule has 1 fully saturated rings. The summed E-state index contributed by atoms with van der Waals surface area (Å²) < 4.78 is 4.66. The first-order valence-corrected chi connectivity index (χ1v) is 2.99. The fourth-order valence-electron chi connectivity index (χ4n) is 0.629. The van der Waals surface area contributed by atoms with Crippen LogP contribution in [0, 0.1) is 11.3 Å². The molecule has 0 amide bonds. The number of carbonyl (C=O) groups excluding carboxylic acids is 1. The predicted molar refractivity (Wildman–Crippen MR) is 32.5 cm³/mol. The molecule has 1 saturated carbocycles. The predicted octanol–water partition coefficient (Wildman–Crippen LogP) is 0.589. The van der Waals surface area contributed by atoms with Gasteiger partial charge in [-0.3, -0.25) is 4.79 Å². The molecule has 0 radical (unpaired) electrons. The van der Waals surface area contributed by atoms with Crippen molar-refractivity contribution in [2.75, 3.05) is 6.61 Å². The van der Waals surface area contributed by atoms with Gasteiger partial charge in [0.1, 0.15) is 0 Å². The first-order valence-electron chi connectivity index (χ1n) is 2.99. The maximum Gasteiger partial charge on any atom is 0.315 e. The third kappa shape index (κ3) is 1.28. The molecule has 50 valence electrons. The second-order valence-corrected chi connectivity index (χ2v) is 2.03. The van der Waals surface area contributed by atoms with Crippen molar-refractivity contribution in [2.45, 2.75) is 13.3 Å². The van der Waals surface area contributed by atoms with E-state index in [9.17, 15) is 4.79 Å². The number of ether oxygens (including phenoxy) is 1. The monoisotopic (exact) mass is 127 g/mol. The van der Waals surface area contributed by atoms with Crippen LogP contribution >= 0.6 is 0 Å². The van der Waals surface area contributed by atoms with Gasteiger partial charge < -0.3 is 10.1 Å². The van der Waals surface area contributed by atoms with Gasteiger partial charge in [0.25, 0.3) is 0 Å². The van der Waals surface area contributed by atoms with Crippen molar-refractivity contribution >= 4 is 11.7 Å². The highest BCUT2D eigenvalue weighted by atomic mass is 16.5. The Hall–Kier alpha value is -0.860. The molecule has 0 aliphatic heterocycles. The standard InChI is InChI=1S/C6H9NO2/c1-2-9-6(8)4-3-5(4)7/h4,7H,2-3H2,1H3. The van der Waals surface area contributed by atoms with Crippen molar-refractivity contribution < 1.29 is 9.53 Å². The average molecular weight is 127 g/mol. The molecule has 0 aromatic heterocycles. The van der Waals surface area contributed by atoms with Crippen LogP contribution in [0.3, 0.4) is 0 Å². The van der Waals surface area contributed by atoms with Crippen molar-refractivity contribution in [1.82, 2.24) is 0 Å². The lowest BCUT2D eigenvalue weighted by atomic mass is 10.4. The van der Waals surface area contributed by atoms with Crippen LogP contribution in [-0.4, -0.2) is 18.3 Å². The molecule has 0 heterocycles. The number of nitrogens with one attached hydrogen (secondary N) is 1. The minimum atomic E-state index is -0.234. The van der Waals surface area contributed by atoms with Gasteiger partial charge in [-0.15, -0.1) is 0 Å². The van der Waals surface area contributed by atoms with Crippen LogP contribution in [-0.2, 0) is 9.53 Å². The molecule has 1 atom stereocenters. The van der Waals surface area contributed by atoms with Crippen molar-refractivity contribution in [3.8, 4) is 0 Å². The molecule has 0 aromatic rings. The zero-order chi connectivity index (χ0) is 6.85. The molecular formula is C6H9NO2. The average Bonchev–Trinajstić information content (AvgIpc) is 2.47. The summed E-state index contributed by atoms with van der Waals surface area (Å²) in [6, 6.07) is 0. The molecule has 1 unspecified atom stereocenters. The van der Waals surface area contributed by atoms with E-state index in [4.69, 9.17) is 5.41 Å². The van der Waals surface area contributed by atoms with E-state index in [-0.39, 0.29) is 11.9 Å². The number of esters is 1. The van der Waals surface area contributed by atoms with Gasteiger partial charge in [-0.25, -0.2) is 0 Å². The quantitative estimate of drug-likeness (QED) is 0.552. The Morgan fingerprint density at radius 1 is 2.00 bits per heavy atom. The number of carbonyl (C=O) groups is 1. The summed E-state index contributed by atoms with van der Waals surface area (Å²) in [6.07, 6.45) is 0.610. The summed E-state index contributed by atoms with van der Waals surface area (Å²) in [5, 5.41) is 6.98. The molecule has 1 rings (SSSR count). The topological polar surface area (TPSA) is 50.2 Å². The van der Waals surface area contributed by atoms with Crippen LogP contribution in [0.15, 0.2) is 0 Å². The molecule has 1 aliphatic carbocycles. The minimum Gasteiger partial charge on any atom is -0.465 e. The highest BCUT2D eigenvalue weighted by Gasteiger charge is 2.38. The summed E-state index contributed by atoms with van der Waals surface area (Å²) in [6.45, 7) is 2.19. The molecule has 0 aromatic carbocycles. The lowest BCUT2D eigenvalue weighted by Gasteiger charge is -1.95. The lowest BCUT2D eigenvalue weighted by Crippen LogP contribution is -2.06. The van der Waals surface area contributed by atoms with Gasteiger partial charge in [0, 0.05) is 12.1 Å². The fourth-order valence-corrected chi connectivity index (χ4v) is 0.629. The summed E-state index contributed by atoms with van der Waals surface area (Å²) in [5.41, 5.74) is 0.508. The Labute approximate surface area is 53.5 Å². The van der Waals surface area contributed by atoms with Crippen LogP contribution in [0.4, 0.5) is 0 Å². The first-order chi connectivity index (χ1) is 4.25. The molecule has 0 spiro atoms. The van der Waals surface area contributed by atoms with E-state index in [1.54, 1.807) is 6.92 Å². The number of hydrogen-bond acceptors (Lipinski definition) is 3. The van der Waals surface area contributed by atoms with E-state index in [1.807, 2.05) is 0 Å². The molecule has 3 heteroatoms. The molecule has 0 bridgehead atoms. The van der Waals surface area contributed by atoms with Gasteiger partial charge in [-0.2, -0.15) is 0 Å². The van der Waals surface area contributed by atoms with E-state index in [0.29, 0.717) is 18.7 Å². The van der Waals surface area contributed by atoms with Crippen LogP contribution in [0.25, 0.3) is 0 Å². The molecule has 1 N–H and O–H groups in total. The van der Waals surface area contributed by atoms with Crippen molar-refractivity contribution in [1.29, 1.82) is 5.41 Å². The maximum absolute atomic E-state index is 10.7. The smallest absolute Gasteiger partial charge is 0.315 e. The number of rotatable bonds is 2. The van der Waals surface area contributed by atoms with E-state index >= 15 is 0 Å². The minimum absolute atomic E-state index is 0.190. The molecule has 1 aliphatic rings. The van der Waals surface area contributed by atoms with Crippen LogP contribution in [0.5, 0.6) is 0 Å². The Kier molecular flexibility index (Phi) is 1.51. The van der Waals surface area contributed by atoms with Crippen LogP contribution in [0.2, 0.25) is 0 Å². The molecule has 9 heavy (non-hydrogen) atoms. The third-order valence-electron chi connectivity index (χ3n) is 1.26. The maximum atomic E-state index is 10.7. The van der Waals surface area contributed by atoms with E-state index in [2.05, 4.69) is 4.74 Å². The SMILES string of the molecule is CCOC(=O)C1CC1=N. The second kappa shape index (κ2) is 2.17. The van der Waals surface area contributed by atoms with Crippen LogP contribution < -0.4 is 0 Å². The highest BCUT2D eigenvalue weighted by molar-refractivity contribution is 6.13. The Bertz CT molecular complexity index is 153. The lowest BCUT2D eigenvalue weighted by molar-refractivity contribution is -0.143. The largest absolute Gasteiger partial charge is 0.465 e. The normalized spacial score (nSPS) is 23.7. The van der Waals surface area contributed by atoms with Gasteiger partial charge in [0.15, 0.2) is 0 Å². The van der Waals surface area contributed by atoms with Crippen molar-refractivity contribution in [3.63, 3.8) is 0 Å². The molecule has 3 nitrogen and oxygen atoms in total. The van der Waals surface area contributed by atoms with Crippen molar-refractivity contribution in [2.24, 2.45) is 5.92 Å². The second-order valence-electron chi connectivity index (χ2n) is 2.03. The van der Waals surface area contributed by atoms with Gasteiger partial charge in [0.2, 0.25) is 0 Å². The van der Waals surface area contributed by atoms with Gasteiger partial charge in [-0.1, -0.05) is 0 Å². The highest BCUT2D eigenvalue weighted by Crippen LogP contribution is 2.25. The zero-order valence-corrected chi connectivity index (χ0v) is 5.31. The van der Waals surface area contributed by atoms with Gasteiger partial charge in [0.05, 0.1) is 12.5 Å². The summed E-state index contributed by atoms with van der Waals surface area (Å²) >= 11 is 0. The van der Waals surface area contributed by atoms with E-state index in [0.717, 1.165) is 0 Å². The summed E-state index contributed by atoms with van der Waals surface area (Å²) in [4.78, 5) is 10.7. The van der Waals surface area contributed by atoms with Crippen molar-refractivity contribution in [3.05, 3.63) is 0 Å². The van der Waals surface area contributed by atoms with Gasteiger partial charge in [-0.05, 0) is 6.92 Å². The zero-order valence-electron chi connectivity index (χ0n) is 5.31. The molecule has 0 saturated heterocycles. The Morgan fingerprint density at radius 2 is 2.56 bits per heavy atom. The van der Waals surface area contributed by atoms with Gasteiger partial charge >= 0.3 is 5.97 Å². The Balaban J connectivity index is 2.28.